The number of rotatable bonds is 6. The summed E-state index contributed by atoms with van der Waals surface area (Å²) >= 11 is 0. The average Bonchev–Trinajstić information content (AvgIpc) is 2.97. The number of carbonyl (C=O) groups excluding carboxylic acids is 1. The van der Waals surface area contributed by atoms with E-state index in [0.717, 1.165) is 22.3 Å². The van der Waals surface area contributed by atoms with Crippen molar-refractivity contribution in [3.8, 4) is 5.75 Å². The van der Waals surface area contributed by atoms with E-state index in [0.29, 0.717) is 19.6 Å². The lowest BCUT2D eigenvalue weighted by atomic mass is 10.2. The van der Waals surface area contributed by atoms with Crippen LogP contribution in [-0.4, -0.2) is 22.3 Å². The molecular formula is C19H21N3O2. The van der Waals surface area contributed by atoms with Crippen LogP contribution in [0.5, 0.6) is 5.75 Å². The summed E-state index contributed by atoms with van der Waals surface area (Å²) in [6, 6.07) is 13.6. The molecule has 0 aliphatic carbocycles. The van der Waals surface area contributed by atoms with E-state index in [2.05, 4.69) is 29.5 Å². The van der Waals surface area contributed by atoms with Gasteiger partial charge in [0.25, 0.3) is 0 Å². The third kappa shape index (κ3) is 3.74. The molecule has 0 aliphatic heterocycles. The Hall–Kier alpha value is -2.82. The molecule has 0 spiro atoms. The number of nitrogens with zero attached hydrogens (tertiary/aromatic N) is 2. The molecule has 0 bridgehead atoms. The summed E-state index contributed by atoms with van der Waals surface area (Å²) in [5.41, 5.74) is 3.01. The Kier molecular flexibility index (Phi) is 4.79. The molecule has 2 aromatic carbocycles. The van der Waals surface area contributed by atoms with Gasteiger partial charge in [-0.3, -0.25) is 9.48 Å². The topological polar surface area (TPSA) is 56.1 Å². The van der Waals surface area contributed by atoms with Gasteiger partial charge in [-0.15, -0.1) is 0 Å². The monoisotopic (exact) mass is 323 g/mol. The second-order valence-electron chi connectivity index (χ2n) is 5.69. The summed E-state index contributed by atoms with van der Waals surface area (Å²) < 4.78 is 7.26. The Labute approximate surface area is 141 Å². The number of hydrogen-bond acceptors (Lipinski definition) is 3. The Morgan fingerprint density at radius 1 is 1.21 bits per heavy atom. The van der Waals surface area contributed by atoms with E-state index in [1.807, 2.05) is 48.1 Å². The minimum Gasteiger partial charge on any atom is -0.494 e. The van der Waals surface area contributed by atoms with Gasteiger partial charge in [0.05, 0.1) is 24.9 Å². The van der Waals surface area contributed by atoms with E-state index in [9.17, 15) is 4.79 Å². The fraction of sp³-hybridized carbons (Fsp3) is 0.263. The minimum atomic E-state index is -0.0320. The maximum absolute atomic E-state index is 12.1. The Bertz CT molecular complexity index is 837. The predicted octanol–water partition coefficient (Wildman–Crippen LogP) is 3.77. The third-order valence-electron chi connectivity index (χ3n) is 3.80. The van der Waals surface area contributed by atoms with Crippen LogP contribution in [0.25, 0.3) is 10.9 Å². The number of amides is 1. The lowest BCUT2D eigenvalue weighted by Gasteiger charge is -2.08. The van der Waals surface area contributed by atoms with Crippen LogP contribution in [0, 0.1) is 6.92 Å². The maximum atomic E-state index is 12.1. The zero-order valence-electron chi connectivity index (χ0n) is 14.0. The standard InChI is InChI=1S/C19H21N3O2/c1-3-24-17-8-6-16(7-9-17)21-19(23)10-11-22-18-12-14(2)4-5-15(18)13-20-22/h4-9,12-13H,3,10-11H2,1-2H3,(H,21,23). The van der Waals surface area contributed by atoms with Crippen LogP contribution in [0.4, 0.5) is 5.69 Å². The Morgan fingerprint density at radius 3 is 2.75 bits per heavy atom. The number of benzene rings is 2. The highest BCUT2D eigenvalue weighted by molar-refractivity contribution is 5.90. The van der Waals surface area contributed by atoms with Gasteiger partial charge in [-0.25, -0.2) is 0 Å². The van der Waals surface area contributed by atoms with Crippen molar-refractivity contribution in [2.24, 2.45) is 0 Å². The number of aromatic nitrogens is 2. The van der Waals surface area contributed by atoms with Crippen LogP contribution in [0.15, 0.2) is 48.7 Å². The van der Waals surface area contributed by atoms with E-state index in [-0.39, 0.29) is 5.91 Å². The van der Waals surface area contributed by atoms with Gasteiger partial charge in [0.15, 0.2) is 0 Å². The fourth-order valence-corrected chi connectivity index (χ4v) is 2.59. The van der Waals surface area contributed by atoms with Gasteiger partial charge in [-0.1, -0.05) is 12.1 Å². The number of fused-ring (bicyclic) bond motifs is 1. The van der Waals surface area contributed by atoms with Crippen molar-refractivity contribution in [3.63, 3.8) is 0 Å². The lowest BCUT2D eigenvalue weighted by molar-refractivity contribution is -0.116. The first kappa shape index (κ1) is 16.1. The van der Waals surface area contributed by atoms with Crippen LogP contribution in [0.1, 0.15) is 18.9 Å². The average molecular weight is 323 g/mol. The molecule has 0 atom stereocenters. The van der Waals surface area contributed by atoms with Crippen molar-refractivity contribution in [1.29, 1.82) is 0 Å². The van der Waals surface area contributed by atoms with Crippen molar-refractivity contribution in [2.45, 2.75) is 26.8 Å². The van der Waals surface area contributed by atoms with Crippen LogP contribution in [0.2, 0.25) is 0 Å². The van der Waals surface area contributed by atoms with E-state index in [4.69, 9.17) is 4.74 Å². The highest BCUT2D eigenvalue weighted by atomic mass is 16.5. The molecule has 24 heavy (non-hydrogen) atoms. The molecule has 1 N–H and O–H groups in total. The smallest absolute Gasteiger partial charge is 0.226 e. The summed E-state index contributed by atoms with van der Waals surface area (Å²) in [6.07, 6.45) is 2.21. The largest absolute Gasteiger partial charge is 0.494 e. The summed E-state index contributed by atoms with van der Waals surface area (Å²) in [7, 11) is 0. The molecule has 5 nitrogen and oxygen atoms in total. The van der Waals surface area contributed by atoms with E-state index >= 15 is 0 Å². The summed E-state index contributed by atoms with van der Waals surface area (Å²) in [5.74, 6) is 0.768. The second kappa shape index (κ2) is 7.17. The van der Waals surface area contributed by atoms with Crippen molar-refractivity contribution in [2.75, 3.05) is 11.9 Å². The van der Waals surface area contributed by atoms with Gasteiger partial charge in [0, 0.05) is 17.5 Å². The lowest BCUT2D eigenvalue weighted by Crippen LogP contribution is -2.15. The molecule has 3 aromatic rings. The molecule has 0 saturated carbocycles. The number of carbonyl (C=O) groups is 1. The first-order valence-corrected chi connectivity index (χ1v) is 8.10. The number of hydrogen-bond donors (Lipinski definition) is 1. The van der Waals surface area contributed by atoms with Gasteiger partial charge < -0.3 is 10.1 Å². The van der Waals surface area contributed by atoms with Gasteiger partial charge in [-0.2, -0.15) is 5.10 Å². The van der Waals surface area contributed by atoms with E-state index in [1.165, 1.54) is 5.56 Å². The maximum Gasteiger partial charge on any atom is 0.226 e. The van der Waals surface area contributed by atoms with Crippen molar-refractivity contribution in [3.05, 3.63) is 54.2 Å². The molecule has 124 valence electrons. The molecular weight excluding hydrogens is 302 g/mol. The molecule has 0 fully saturated rings. The van der Waals surface area contributed by atoms with Crippen LogP contribution >= 0.6 is 0 Å². The van der Waals surface area contributed by atoms with Crippen LogP contribution in [-0.2, 0) is 11.3 Å². The molecule has 1 amide bonds. The Balaban J connectivity index is 1.59. The third-order valence-corrected chi connectivity index (χ3v) is 3.80. The van der Waals surface area contributed by atoms with Gasteiger partial charge in [0.1, 0.15) is 5.75 Å². The van der Waals surface area contributed by atoms with E-state index in [1.54, 1.807) is 0 Å². The molecule has 0 unspecified atom stereocenters. The molecule has 5 heteroatoms. The summed E-state index contributed by atoms with van der Waals surface area (Å²) in [6.45, 7) is 5.17. The highest BCUT2D eigenvalue weighted by Crippen LogP contribution is 2.17. The second-order valence-corrected chi connectivity index (χ2v) is 5.69. The minimum absolute atomic E-state index is 0.0320. The number of anilines is 1. The summed E-state index contributed by atoms with van der Waals surface area (Å²) in [4.78, 5) is 12.1. The predicted molar refractivity (Wildman–Crippen MR) is 95.3 cm³/mol. The zero-order valence-corrected chi connectivity index (χ0v) is 14.0. The van der Waals surface area contributed by atoms with Crippen LogP contribution < -0.4 is 10.1 Å². The summed E-state index contributed by atoms with van der Waals surface area (Å²) in [5, 5.41) is 8.36. The molecule has 0 radical (unpaired) electrons. The Morgan fingerprint density at radius 2 is 2.00 bits per heavy atom. The van der Waals surface area contributed by atoms with Crippen molar-refractivity contribution >= 4 is 22.5 Å². The van der Waals surface area contributed by atoms with Crippen molar-refractivity contribution < 1.29 is 9.53 Å². The molecule has 3 rings (SSSR count). The van der Waals surface area contributed by atoms with E-state index < -0.39 is 0 Å². The molecule has 0 saturated heterocycles. The number of nitrogens with one attached hydrogen (secondary N) is 1. The van der Waals surface area contributed by atoms with Gasteiger partial charge in [-0.05, 0) is 49.7 Å². The quantitative estimate of drug-likeness (QED) is 0.751. The van der Waals surface area contributed by atoms with Crippen molar-refractivity contribution in [1.82, 2.24) is 9.78 Å². The first-order valence-electron chi connectivity index (χ1n) is 8.10. The zero-order chi connectivity index (χ0) is 16.9. The normalized spacial score (nSPS) is 10.8. The number of aryl methyl sites for hydroxylation is 2. The SMILES string of the molecule is CCOc1ccc(NC(=O)CCn2ncc3ccc(C)cc32)cc1. The molecule has 1 aromatic heterocycles. The van der Waals surface area contributed by atoms with Crippen LogP contribution in [0.3, 0.4) is 0 Å². The molecule has 1 heterocycles. The molecule has 0 aliphatic rings. The number of ether oxygens (including phenoxy) is 1. The van der Waals surface area contributed by atoms with Gasteiger partial charge in [0.2, 0.25) is 5.91 Å². The van der Waals surface area contributed by atoms with Gasteiger partial charge >= 0.3 is 0 Å². The highest BCUT2D eigenvalue weighted by Gasteiger charge is 2.07. The first-order chi connectivity index (χ1) is 11.7. The fourth-order valence-electron chi connectivity index (χ4n) is 2.59.